The minimum Gasteiger partial charge on any atom is -0.445 e. The smallest absolute Gasteiger partial charge is 0.407 e. The average molecular weight is 310 g/mol. The molecule has 0 aliphatic carbocycles. The lowest BCUT2D eigenvalue weighted by molar-refractivity contribution is 0.141. The molecule has 4 heteroatoms. The molecule has 3 N–H and O–H groups in total. The van der Waals surface area contributed by atoms with Crippen LogP contribution in [0, 0.1) is 13.8 Å². The molecule has 0 radical (unpaired) electrons. The summed E-state index contributed by atoms with van der Waals surface area (Å²) in [6.07, 6.45) is 3.33. The molecule has 0 fully saturated rings. The zero-order valence-corrected chi connectivity index (χ0v) is 13.5. The minimum atomic E-state index is -0.438. The van der Waals surface area contributed by atoms with Crippen LogP contribution in [0.5, 0.6) is 0 Å². The zero-order valence-electron chi connectivity index (χ0n) is 13.5. The summed E-state index contributed by atoms with van der Waals surface area (Å²) in [6, 6.07) is 13.6. The van der Waals surface area contributed by atoms with Crippen molar-refractivity contribution in [2.75, 3.05) is 12.3 Å². The van der Waals surface area contributed by atoms with Crippen LogP contribution in [0.15, 0.2) is 48.5 Å². The molecule has 0 heterocycles. The number of aryl methyl sites for hydroxylation is 2. The average Bonchev–Trinajstić information content (AvgIpc) is 2.54. The summed E-state index contributed by atoms with van der Waals surface area (Å²) in [6.45, 7) is 4.67. The van der Waals surface area contributed by atoms with Crippen LogP contribution in [0.2, 0.25) is 0 Å². The number of amides is 1. The summed E-state index contributed by atoms with van der Waals surface area (Å²) in [7, 11) is 0. The molecule has 0 saturated heterocycles. The molecule has 0 atom stereocenters. The van der Waals surface area contributed by atoms with Gasteiger partial charge in [-0.2, -0.15) is 0 Å². The van der Waals surface area contributed by atoms with E-state index < -0.39 is 6.09 Å². The third-order valence-corrected chi connectivity index (χ3v) is 3.44. The molecular weight excluding hydrogens is 288 g/mol. The van der Waals surface area contributed by atoms with Gasteiger partial charge in [-0.15, -0.1) is 0 Å². The lowest BCUT2D eigenvalue weighted by Gasteiger charge is -2.07. The Bertz CT molecular complexity index is 694. The maximum atomic E-state index is 11.6. The molecule has 0 aliphatic heterocycles. The molecular formula is C19H22N2O2. The van der Waals surface area contributed by atoms with Crippen molar-refractivity contribution in [3.8, 4) is 0 Å². The van der Waals surface area contributed by atoms with Crippen LogP contribution < -0.4 is 11.1 Å². The van der Waals surface area contributed by atoms with Gasteiger partial charge in [-0.1, -0.05) is 54.1 Å². The predicted octanol–water partition coefficient (Wildman–Crippen LogP) is 3.83. The van der Waals surface area contributed by atoms with Gasteiger partial charge in [-0.05, 0) is 36.6 Å². The normalized spacial score (nSPS) is 10.7. The Morgan fingerprint density at radius 1 is 1.22 bits per heavy atom. The van der Waals surface area contributed by atoms with E-state index in [-0.39, 0.29) is 6.61 Å². The summed E-state index contributed by atoms with van der Waals surface area (Å²) in [5.74, 6) is 0. The van der Waals surface area contributed by atoms with E-state index in [1.165, 1.54) is 0 Å². The second kappa shape index (κ2) is 8.03. The molecule has 2 aromatic carbocycles. The molecule has 2 aromatic rings. The highest BCUT2D eigenvalue weighted by molar-refractivity contribution is 5.70. The van der Waals surface area contributed by atoms with Gasteiger partial charge in [0.1, 0.15) is 6.61 Å². The number of carbonyl (C=O) groups excluding carboxylic acids is 1. The fourth-order valence-electron chi connectivity index (χ4n) is 2.25. The lowest BCUT2D eigenvalue weighted by Crippen LogP contribution is -2.24. The summed E-state index contributed by atoms with van der Waals surface area (Å²) in [5, 5.41) is 2.68. The number of alkyl carbamates (subject to hydrolysis) is 1. The summed E-state index contributed by atoms with van der Waals surface area (Å²) in [5.41, 5.74) is 10.9. The Morgan fingerprint density at radius 3 is 2.70 bits per heavy atom. The number of hydrogen-bond acceptors (Lipinski definition) is 3. The van der Waals surface area contributed by atoms with Crippen molar-refractivity contribution in [3.05, 3.63) is 70.8 Å². The number of hydrogen-bond donors (Lipinski definition) is 2. The molecule has 1 amide bonds. The summed E-state index contributed by atoms with van der Waals surface area (Å²) < 4.78 is 5.13. The Morgan fingerprint density at radius 2 is 1.96 bits per heavy atom. The number of carbonyl (C=O) groups is 1. The Balaban J connectivity index is 1.79. The lowest BCUT2D eigenvalue weighted by atomic mass is 10.0. The SMILES string of the molecule is Cc1cc(C)c(N)c(C=CCNC(=O)OCc2ccccc2)c1. The van der Waals surface area contributed by atoms with Crippen molar-refractivity contribution in [1.29, 1.82) is 0 Å². The first-order valence-corrected chi connectivity index (χ1v) is 7.54. The van der Waals surface area contributed by atoms with E-state index in [0.29, 0.717) is 6.54 Å². The quantitative estimate of drug-likeness (QED) is 0.825. The molecule has 0 aromatic heterocycles. The van der Waals surface area contributed by atoms with Gasteiger partial charge in [0.2, 0.25) is 0 Å². The van der Waals surface area contributed by atoms with E-state index in [4.69, 9.17) is 10.5 Å². The van der Waals surface area contributed by atoms with E-state index in [0.717, 1.165) is 27.9 Å². The van der Waals surface area contributed by atoms with Gasteiger partial charge in [-0.3, -0.25) is 0 Å². The van der Waals surface area contributed by atoms with Gasteiger partial charge in [0, 0.05) is 12.2 Å². The molecule has 2 rings (SSSR count). The fourth-order valence-corrected chi connectivity index (χ4v) is 2.25. The third kappa shape index (κ3) is 5.18. The highest BCUT2D eigenvalue weighted by Crippen LogP contribution is 2.20. The van der Waals surface area contributed by atoms with Crippen LogP contribution >= 0.6 is 0 Å². The number of nitrogen functional groups attached to an aromatic ring is 1. The highest BCUT2D eigenvalue weighted by atomic mass is 16.5. The fraction of sp³-hybridized carbons (Fsp3) is 0.211. The van der Waals surface area contributed by atoms with Crippen LogP contribution in [0.4, 0.5) is 10.5 Å². The van der Waals surface area contributed by atoms with Gasteiger partial charge in [-0.25, -0.2) is 4.79 Å². The first-order chi connectivity index (χ1) is 11.1. The number of nitrogens with one attached hydrogen (secondary N) is 1. The monoisotopic (exact) mass is 310 g/mol. The van der Waals surface area contributed by atoms with Crippen molar-refractivity contribution < 1.29 is 9.53 Å². The first kappa shape index (κ1) is 16.6. The van der Waals surface area contributed by atoms with Gasteiger partial charge < -0.3 is 15.8 Å². The Hall–Kier alpha value is -2.75. The van der Waals surface area contributed by atoms with Crippen molar-refractivity contribution in [3.63, 3.8) is 0 Å². The van der Waals surface area contributed by atoms with Crippen molar-refractivity contribution in [2.45, 2.75) is 20.5 Å². The molecule has 23 heavy (non-hydrogen) atoms. The van der Waals surface area contributed by atoms with Crippen LogP contribution in [0.3, 0.4) is 0 Å². The second-order valence-electron chi connectivity index (χ2n) is 5.43. The molecule has 120 valence electrons. The van der Waals surface area contributed by atoms with Crippen molar-refractivity contribution in [1.82, 2.24) is 5.32 Å². The van der Waals surface area contributed by atoms with Crippen molar-refractivity contribution in [2.24, 2.45) is 0 Å². The minimum absolute atomic E-state index is 0.264. The van der Waals surface area contributed by atoms with E-state index in [9.17, 15) is 4.79 Å². The summed E-state index contributed by atoms with van der Waals surface area (Å²) >= 11 is 0. The topological polar surface area (TPSA) is 64.3 Å². The number of benzene rings is 2. The van der Waals surface area contributed by atoms with Crippen LogP contribution in [-0.2, 0) is 11.3 Å². The van der Waals surface area contributed by atoms with Crippen LogP contribution in [0.25, 0.3) is 6.08 Å². The molecule has 4 nitrogen and oxygen atoms in total. The van der Waals surface area contributed by atoms with E-state index in [1.807, 2.05) is 68.5 Å². The maximum Gasteiger partial charge on any atom is 0.407 e. The number of rotatable bonds is 5. The number of anilines is 1. The molecule has 0 unspecified atom stereocenters. The Labute approximate surface area is 137 Å². The maximum absolute atomic E-state index is 11.6. The van der Waals surface area contributed by atoms with E-state index >= 15 is 0 Å². The highest BCUT2D eigenvalue weighted by Gasteiger charge is 2.02. The van der Waals surface area contributed by atoms with E-state index in [1.54, 1.807) is 0 Å². The third-order valence-electron chi connectivity index (χ3n) is 3.44. The van der Waals surface area contributed by atoms with E-state index in [2.05, 4.69) is 5.32 Å². The second-order valence-corrected chi connectivity index (χ2v) is 5.43. The molecule has 0 bridgehead atoms. The first-order valence-electron chi connectivity index (χ1n) is 7.54. The zero-order chi connectivity index (χ0) is 16.7. The largest absolute Gasteiger partial charge is 0.445 e. The Kier molecular flexibility index (Phi) is 5.80. The van der Waals surface area contributed by atoms with Gasteiger partial charge in [0.05, 0.1) is 0 Å². The summed E-state index contributed by atoms with van der Waals surface area (Å²) in [4.78, 5) is 11.6. The van der Waals surface area contributed by atoms with Crippen LogP contribution in [0.1, 0.15) is 22.3 Å². The van der Waals surface area contributed by atoms with Gasteiger partial charge in [0.15, 0.2) is 0 Å². The van der Waals surface area contributed by atoms with Gasteiger partial charge in [0.25, 0.3) is 0 Å². The van der Waals surface area contributed by atoms with Crippen LogP contribution in [-0.4, -0.2) is 12.6 Å². The number of ether oxygens (including phenoxy) is 1. The standard InChI is InChI=1S/C19H22N2O2/c1-14-11-15(2)18(20)17(12-14)9-6-10-21-19(22)23-13-16-7-4-3-5-8-16/h3-9,11-12H,10,13,20H2,1-2H3,(H,21,22). The molecule has 0 aliphatic rings. The molecule has 0 saturated carbocycles. The van der Waals surface area contributed by atoms with Crippen molar-refractivity contribution >= 4 is 17.9 Å². The predicted molar refractivity (Wildman–Crippen MR) is 94.0 cm³/mol. The number of nitrogens with two attached hydrogens (primary N) is 1. The van der Waals surface area contributed by atoms with Gasteiger partial charge >= 0.3 is 6.09 Å². The molecule has 0 spiro atoms.